The van der Waals surface area contributed by atoms with E-state index in [2.05, 4.69) is 0 Å². The van der Waals surface area contributed by atoms with Crippen LogP contribution >= 0.6 is 11.6 Å². The summed E-state index contributed by atoms with van der Waals surface area (Å²) in [5.74, 6) is 0.274. The number of rotatable bonds is 6. The lowest BCUT2D eigenvalue weighted by Gasteiger charge is -2.22. The van der Waals surface area contributed by atoms with Crippen molar-refractivity contribution in [3.63, 3.8) is 0 Å². The summed E-state index contributed by atoms with van der Waals surface area (Å²) >= 11 is 5.96. The van der Waals surface area contributed by atoms with Crippen LogP contribution < -0.4 is 5.73 Å². The van der Waals surface area contributed by atoms with E-state index < -0.39 is 10.0 Å². The van der Waals surface area contributed by atoms with Gasteiger partial charge in [0, 0.05) is 24.7 Å². The fraction of sp³-hybridized carbons (Fsp3) is 0.538. The van der Waals surface area contributed by atoms with E-state index in [1.165, 1.54) is 10.4 Å². The molecular formula is C13H21ClN2O2S. The van der Waals surface area contributed by atoms with Crippen LogP contribution in [0.2, 0.25) is 5.02 Å². The molecule has 108 valence electrons. The molecule has 0 aromatic heterocycles. The van der Waals surface area contributed by atoms with Gasteiger partial charge in [0.2, 0.25) is 10.0 Å². The highest BCUT2D eigenvalue weighted by atomic mass is 35.5. The standard InChI is InChI=1S/C13H21ClN2O2S/c1-4-16(9-10(2)3)19(17,18)12-5-6-13(14)11(7-12)8-15/h5-7,10H,4,8-9,15H2,1-3H3. The third kappa shape index (κ3) is 3.92. The summed E-state index contributed by atoms with van der Waals surface area (Å²) in [7, 11) is -3.48. The predicted octanol–water partition coefficient (Wildman–Crippen LogP) is 2.47. The van der Waals surface area contributed by atoms with Gasteiger partial charge < -0.3 is 5.73 Å². The molecule has 4 nitrogen and oxygen atoms in total. The Morgan fingerprint density at radius 1 is 1.37 bits per heavy atom. The fourth-order valence-corrected chi connectivity index (χ4v) is 3.68. The van der Waals surface area contributed by atoms with Gasteiger partial charge in [-0.2, -0.15) is 4.31 Å². The van der Waals surface area contributed by atoms with E-state index in [9.17, 15) is 8.42 Å². The van der Waals surface area contributed by atoms with E-state index in [1.54, 1.807) is 12.1 Å². The molecule has 1 aromatic carbocycles. The molecule has 0 amide bonds. The van der Waals surface area contributed by atoms with Crippen molar-refractivity contribution in [3.8, 4) is 0 Å². The van der Waals surface area contributed by atoms with Gasteiger partial charge in [0.1, 0.15) is 0 Å². The van der Waals surface area contributed by atoms with Crippen LogP contribution in [0.3, 0.4) is 0 Å². The number of nitrogens with two attached hydrogens (primary N) is 1. The zero-order valence-electron chi connectivity index (χ0n) is 11.6. The van der Waals surface area contributed by atoms with Gasteiger partial charge in [-0.15, -0.1) is 0 Å². The van der Waals surface area contributed by atoms with Crippen molar-refractivity contribution >= 4 is 21.6 Å². The lowest BCUT2D eigenvalue weighted by atomic mass is 10.2. The second kappa shape index (κ2) is 6.70. The smallest absolute Gasteiger partial charge is 0.243 e. The van der Waals surface area contributed by atoms with Crippen LogP contribution in [0.4, 0.5) is 0 Å². The second-order valence-electron chi connectivity index (χ2n) is 4.81. The maximum absolute atomic E-state index is 12.5. The van der Waals surface area contributed by atoms with Crippen molar-refractivity contribution in [2.75, 3.05) is 13.1 Å². The summed E-state index contributed by atoms with van der Waals surface area (Å²) < 4.78 is 26.5. The molecule has 2 N–H and O–H groups in total. The maximum atomic E-state index is 12.5. The molecule has 0 aliphatic rings. The van der Waals surface area contributed by atoms with Gasteiger partial charge in [0.15, 0.2) is 0 Å². The number of hydrogen-bond acceptors (Lipinski definition) is 3. The van der Waals surface area contributed by atoms with Crippen LogP contribution in [0.1, 0.15) is 26.3 Å². The Morgan fingerprint density at radius 2 is 2.00 bits per heavy atom. The van der Waals surface area contributed by atoms with Gasteiger partial charge in [-0.25, -0.2) is 8.42 Å². The summed E-state index contributed by atoms with van der Waals surface area (Å²) in [5.41, 5.74) is 6.20. The minimum absolute atomic E-state index is 0.221. The first-order valence-corrected chi connectivity index (χ1v) is 8.13. The number of hydrogen-bond donors (Lipinski definition) is 1. The molecule has 19 heavy (non-hydrogen) atoms. The Morgan fingerprint density at radius 3 is 2.47 bits per heavy atom. The van der Waals surface area contributed by atoms with Gasteiger partial charge >= 0.3 is 0 Å². The van der Waals surface area contributed by atoms with E-state index in [4.69, 9.17) is 17.3 Å². The molecule has 6 heteroatoms. The summed E-state index contributed by atoms with van der Waals surface area (Å²) in [6.45, 7) is 6.98. The number of halogens is 1. The predicted molar refractivity (Wildman–Crippen MR) is 78.6 cm³/mol. The number of nitrogens with zero attached hydrogens (tertiary/aromatic N) is 1. The molecule has 0 atom stereocenters. The van der Waals surface area contributed by atoms with Crippen LogP contribution in [0.5, 0.6) is 0 Å². The quantitative estimate of drug-likeness (QED) is 0.878. The first-order chi connectivity index (χ1) is 8.82. The van der Waals surface area contributed by atoms with Gasteiger partial charge in [0.05, 0.1) is 4.90 Å². The number of benzene rings is 1. The molecule has 1 aromatic rings. The molecule has 0 heterocycles. The lowest BCUT2D eigenvalue weighted by molar-refractivity contribution is 0.381. The van der Waals surface area contributed by atoms with Crippen molar-refractivity contribution in [2.24, 2.45) is 11.7 Å². The Hall–Kier alpha value is -0.620. The van der Waals surface area contributed by atoms with Gasteiger partial charge in [-0.3, -0.25) is 0 Å². The summed E-state index contributed by atoms with van der Waals surface area (Å²) in [6.07, 6.45) is 0. The highest BCUT2D eigenvalue weighted by Gasteiger charge is 2.24. The largest absolute Gasteiger partial charge is 0.326 e. The Bertz CT molecular complexity index is 529. The highest BCUT2D eigenvalue weighted by molar-refractivity contribution is 7.89. The van der Waals surface area contributed by atoms with E-state index >= 15 is 0 Å². The van der Waals surface area contributed by atoms with Crippen LogP contribution in [0, 0.1) is 5.92 Å². The minimum Gasteiger partial charge on any atom is -0.326 e. The molecule has 0 fully saturated rings. The first kappa shape index (κ1) is 16.4. The molecule has 0 saturated carbocycles. The monoisotopic (exact) mass is 304 g/mol. The Labute approximate surface area is 120 Å². The maximum Gasteiger partial charge on any atom is 0.243 e. The molecule has 0 spiro atoms. The van der Waals surface area contributed by atoms with Gasteiger partial charge in [-0.1, -0.05) is 32.4 Å². The average Bonchev–Trinajstić information content (AvgIpc) is 2.35. The third-order valence-electron chi connectivity index (χ3n) is 2.80. The van der Waals surface area contributed by atoms with Crippen molar-refractivity contribution in [3.05, 3.63) is 28.8 Å². The molecule has 0 aliphatic heterocycles. The molecule has 0 saturated heterocycles. The summed E-state index contributed by atoms with van der Waals surface area (Å²) in [4.78, 5) is 0.250. The zero-order valence-corrected chi connectivity index (χ0v) is 13.1. The number of sulfonamides is 1. The lowest BCUT2D eigenvalue weighted by Crippen LogP contribution is -2.34. The molecule has 0 aliphatic carbocycles. The highest BCUT2D eigenvalue weighted by Crippen LogP contribution is 2.23. The normalized spacial score (nSPS) is 12.4. The van der Waals surface area contributed by atoms with Crippen molar-refractivity contribution in [1.29, 1.82) is 0 Å². The van der Waals surface area contributed by atoms with Crippen LogP contribution in [-0.2, 0) is 16.6 Å². The molecule has 0 radical (unpaired) electrons. The van der Waals surface area contributed by atoms with Crippen molar-refractivity contribution in [2.45, 2.75) is 32.2 Å². The Kier molecular flexibility index (Phi) is 5.80. The van der Waals surface area contributed by atoms with E-state index in [0.717, 1.165) is 0 Å². The van der Waals surface area contributed by atoms with Crippen molar-refractivity contribution in [1.82, 2.24) is 4.31 Å². The molecular weight excluding hydrogens is 284 g/mol. The SMILES string of the molecule is CCN(CC(C)C)S(=O)(=O)c1ccc(Cl)c(CN)c1. The first-order valence-electron chi connectivity index (χ1n) is 6.31. The topological polar surface area (TPSA) is 63.4 Å². The van der Waals surface area contributed by atoms with E-state index in [1.807, 2.05) is 20.8 Å². The molecule has 1 rings (SSSR count). The second-order valence-corrected chi connectivity index (χ2v) is 7.15. The summed E-state index contributed by atoms with van der Waals surface area (Å²) in [5, 5.41) is 0.494. The Balaban J connectivity index is 3.18. The van der Waals surface area contributed by atoms with E-state index in [-0.39, 0.29) is 17.4 Å². The summed E-state index contributed by atoms with van der Waals surface area (Å²) in [6, 6.07) is 4.67. The van der Waals surface area contributed by atoms with Crippen LogP contribution in [0.15, 0.2) is 23.1 Å². The van der Waals surface area contributed by atoms with Gasteiger partial charge in [-0.05, 0) is 29.7 Å². The van der Waals surface area contributed by atoms with E-state index in [0.29, 0.717) is 23.7 Å². The van der Waals surface area contributed by atoms with Gasteiger partial charge in [0.25, 0.3) is 0 Å². The minimum atomic E-state index is -3.48. The fourth-order valence-electron chi connectivity index (χ4n) is 1.82. The zero-order chi connectivity index (χ0) is 14.6. The van der Waals surface area contributed by atoms with Crippen LogP contribution in [-0.4, -0.2) is 25.8 Å². The van der Waals surface area contributed by atoms with Crippen LogP contribution in [0.25, 0.3) is 0 Å². The molecule has 0 bridgehead atoms. The van der Waals surface area contributed by atoms with Crippen molar-refractivity contribution < 1.29 is 8.42 Å². The third-order valence-corrected chi connectivity index (χ3v) is 5.10. The molecule has 0 unspecified atom stereocenters. The average molecular weight is 305 g/mol.